The minimum atomic E-state index is -4.06. The van der Waals surface area contributed by atoms with Crippen molar-refractivity contribution in [3.05, 3.63) is 16.1 Å². The van der Waals surface area contributed by atoms with Crippen LogP contribution in [0.5, 0.6) is 0 Å². The van der Waals surface area contributed by atoms with Crippen LogP contribution < -0.4 is 10.6 Å². The van der Waals surface area contributed by atoms with Crippen LogP contribution >= 0.6 is 35.3 Å². The van der Waals surface area contributed by atoms with E-state index in [2.05, 4.69) is 27.5 Å². The molecule has 0 aliphatic heterocycles. The molecule has 2 rings (SSSR count). The number of aromatic nitrogens is 1. The van der Waals surface area contributed by atoms with Gasteiger partial charge in [0.05, 0.1) is 12.5 Å². The monoisotopic (exact) mass is 490 g/mol. The molecule has 1 heterocycles. The summed E-state index contributed by atoms with van der Waals surface area (Å²) in [4.78, 5) is 10.1. The molecule has 1 aliphatic rings. The molecule has 0 amide bonds. The molecule has 0 atom stereocenters. The molecule has 25 heavy (non-hydrogen) atoms. The second-order valence-corrected chi connectivity index (χ2v) is 7.20. The van der Waals surface area contributed by atoms with Gasteiger partial charge in [0.15, 0.2) is 5.96 Å². The molecule has 4 nitrogen and oxygen atoms in total. The number of guanidine groups is 1. The minimum absolute atomic E-state index is 0. The normalized spacial score (nSPS) is 21.6. The van der Waals surface area contributed by atoms with Gasteiger partial charge in [-0.25, -0.2) is 9.98 Å². The summed E-state index contributed by atoms with van der Waals surface area (Å²) in [7, 11) is 0. The van der Waals surface area contributed by atoms with Gasteiger partial charge >= 0.3 is 6.18 Å². The van der Waals surface area contributed by atoms with E-state index in [1.54, 1.807) is 11.3 Å². The first-order valence-corrected chi connectivity index (χ1v) is 9.29. The number of rotatable bonds is 5. The van der Waals surface area contributed by atoms with Crippen molar-refractivity contribution in [2.24, 2.45) is 10.9 Å². The van der Waals surface area contributed by atoms with Crippen LogP contribution in [0.4, 0.5) is 13.2 Å². The molecule has 0 spiro atoms. The van der Waals surface area contributed by atoms with E-state index in [1.165, 1.54) is 4.88 Å². The van der Waals surface area contributed by atoms with Crippen molar-refractivity contribution in [1.29, 1.82) is 0 Å². The highest BCUT2D eigenvalue weighted by Gasteiger charge is 2.41. The molecule has 0 unspecified atom stereocenters. The van der Waals surface area contributed by atoms with Crippen molar-refractivity contribution >= 4 is 41.3 Å². The van der Waals surface area contributed by atoms with Gasteiger partial charge in [-0.1, -0.05) is 6.92 Å². The summed E-state index contributed by atoms with van der Waals surface area (Å²) in [5, 5.41) is 7.37. The summed E-state index contributed by atoms with van der Waals surface area (Å²) in [6.07, 6.45) is 0.180. The van der Waals surface area contributed by atoms with Gasteiger partial charge in [0.25, 0.3) is 0 Å². The number of thiazole rings is 1. The van der Waals surface area contributed by atoms with Gasteiger partial charge in [0, 0.05) is 23.7 Å². The first-order valence-electron chi connectivity index (χ1n) is 8.47. The zero-order valence-corrected chi connectivity index (χ0v) is 17.7. The van der Waals surface area contributed by atoms with E-state index in [-0.39, 0.29) is 42.9 Å². The number of aryl methyl sites for hydroxylation is 1. The van der Waals surface area contributed by atoms with E-state index in [4.69, 9.17) is 0 Å². The minimum Gasteiger partial charge on any atom is -0.357 e. The Labute approximate surface area is 168 Å². The Morgan fingerprint density at radius 1 is 1.28 bits per heavy atom. The quantitative estimate of drug-likeness (QED) is 0.363. The van der Waals surface area contributed by atoms with Crippen molar-refractivity contribution in [1.82, 2.24) is 15.6 Å². The van der Waals surface area contributed by atoms with Gasteiger partial charge in [-0.15, -0.1) is 35.3 Å². The highest BCUT2D eigenvalue weighted by Crippen LogP contribution is 2.37. The average Bonchev–Trinajstić information content (AvgIpc) is 3.00. The fraction of sp³-hybridized carbons (Fsp3) is 0.750. The predicted molar refractivity (Wildman–Crippen MR) is 107 cm³/mol. The third kappa shape index (κ3) is 7.28. The zero-order chi connectivity index (χ0) is 17.6. The van der Waals surface area contributed by atoms with Crippen LogP contribution in [-0.4, -0.2) is 29.7 Å². The van der Waals surface area contributed by atoms with Crippen molar-refractivity contribution in [3.8, 4) is 0 Å². The summed E-state index contributed by atoms with van der Waals surface area (Å²) in [5.74, 6) is -0.501. The first kappa shape index (κ1) is 22.5. The maximum Gasteiger partial charge on any atom is 0.391 e. The summed E-state index contributed by atoms with van der Waals surface area (Å²) in [6.45, 7) is 5.25. The van der Waals surface area contributed by atoms with Crippen LogP contribution in [0, 0.1) is 5.92 Å². The van der Waals surface area contributed by atoms with Crippen molar-refractivity contribution in [3.63, 3.8) is 0 Å². The number of hydrogen-bond acceptors (Lipinski definition) is 3. The second-order valence-electron chi connectivity index (χ2n) is 6.00. The lowest BCUT2D eigenvalue weighted by Gasteiger charge is -2.31. The fourth-order valence-corrected chi connectivity index (χ4v) is 3.60. The molecule has 0 bridgehead atoms. The van der Waals surface area contributed by atoms with E-state index in [0.717, 1.165) is 11.4 Å². The Morgan fingerprint density at radius 3 is 2.48 bits per heavy atom. The third-order valence-electron chi connectivity index (χ3n) is 4.20. The van der Waals surface area contributed by atoms with Crippen molar-refractivity contribution in [2.75, 3.05) is 6.54 Å². The topological polar surface area (TPSA) is 49.3 Å². The lowest BCUT2D eigenvalue weighted by molar-refractivity contribution is -0.182. The van der Waals surface area contributed by atoms with Crippen molar-refractivity contribution in [2.45, 2.75) is 64.7 Å². The maximum absolute atomic E-state index is 12.7. The first-order chi connectivity index (χ1) is 11.4. The van der Waals surface area contributed by atoms with E-state index in [9.17, 15) is 13.2 Å². The summed E-state index contributed by atoms with van der Waals surface area (Å²) >= 11 is 1.64. The zero-order valence-electron chi connectivity index (χ0n) is 14.5. The number of alkyl halides is 3. The predicted octanol–water partition coefficient (Wildman–Crippen LogP) is 4.50. The highest BCUT2D eigenvalue weighted by molar-refractivity contribution is 14.0. The molecule has 0 saturated heterocycles. The van der Waals surface area contributed by atoms with Crippen LogP contribution in [0.2, 0.25) is 0 Å². The number of hydrogen-bond donors (Lipinski definition) is 2. The Hall–Kier alpha value is -0.580. The largest absolute Gasteiger partial charge is 0.391 e. The maximum atomic E-state index is 12.7. The third-order valence-corrected chi connectivity index (χ3v) is 5.32. The Kier molecular flexibility index (Phi) is 9.47. The SMILES string of the molecule is CCNC(=NCc1ncc(CC)s1)NC1CCC(C(F)(F)F)CC1.I. The Bertz CT molecular complexity index is 540. The lowest BCUT2D eigenvalue weighted by Crippen LogP contribution is -2.45. The van der Waals surface area contributed by atoms with Crippen LogP contribution in [0.3, 0.4) is 0 Å². The van der Waals surface area contributed by atoms with Crippen LogP contribution in [0.15, 0.2) is 11.2 Å². The number of nitrogens with zero attached hydrogens (tertiary/aromatic N) is 2. The summed E-state index contributed by atoms with van der Waals surface area (Å²) in [6, 6.07) is 0.0453. The molecule has 1 aromatic rings. The summed E-state index contributed by atoms with van der Waals surface area (Å²) in [5.41, 5.74) is 0. The Balaban J connectivity index is 0.00000312. The molecular formula is C16H26F3IN4S. The average molecular weight is 490 g/mol. The summed E-state index contributed by atoms with van der Waals surface area (Å²) < 4.78 is 38.2. The second kappa shape index (κ2) is 10.5. The van der Waals surface area contributed by atoms with Gasteiger partial charge in [0.1, 0.15) is 5.01 Å². The van der Waals surface area contributed by atoms with Crippen LogP contribution in [0.1, 0.15) is 49.4 Å². The molecular weight excluding hydrogens is 464 g/mol. The lowest BCUT2D eigenvalue weighted by atomic mass is 9.85. The molecule has 9 heteroatoms. The molecule has 1 fully saturated rings. The van der Waals surface area contributed by atoms with Gasteiger partial charge in [-0.05, 0) is 39.0 Å². The molecule has 1 saturated carbocycles. The number of nitrogens with one attached hydrogen (secondary N) is 2. The number of aliphatic imine (C=N–C) groups is 1. The van der Waals surface area contributed by atoms with Crippen molar-refractivity contribution < 1.29 is 13.2 Å². The standard InChI is InChI=1S/C16H25F3N4S.HI/c1-3-13-9-21-14(24-13)10-22-15(20-4-2)23-12-7-5-11(6-8-12)16(17,18)19;/h9,11-12H,3-8,10H2,1-2H3,(H2,20,22,23);1H. The molecule has 1 aliphatic carbocycles. The van der Waals surface area contributed by atoms with E-state index in [0.29, 0.717) is 31.9 Å². The smallest absolute Gasteiger partial charge is 0.357 e. The van der Waals surface area contributed by atoms with Crippen LogP contribution in [0.25, 0.3) is 0 Å². The Morgan fingerprint density at radius 2 is 1.96 bits per heavy atom. The van der Waals surface area contributed by atoms with E-state index in [1.807, 2.05) is 13.1 Å². The molecule has 2 N–H and O–H groups in total. The molecule has 0 aromatic carbocycles. The van der Waals surface area contributed by atoms with E-state index >= 15 is 0 Å². The molecule has 1 aromatic heterocycles. The van der Waals surface area contributed by atoms with Gasteiger partial charge in [-0.3, -0.25) is 0 Å². The van der Waals surface area contributed by atoms with Gasteiger partial charge < -0.3 is 10.6 Å². The fourth-order valence-electron chi connectivity index (χ4n) is 2.81. The number of halogens is 4. The van der Waals surface area contributed by atoms with E-state index < -0.39 is 12.1 Å². The molecule has 144 valence electrons. The molecule has 0 radical (unpaired) electrons. The highest BCUT2D eigenvalue weighted by atomic mass is 127. The van der Waals surface area contributed by atoms with Crippen LogP contribution in [-0.2, 0) is 13.0 Å². The van der Waals surface area contributed by atoms with Gasteiger partial charge in [0.2, 0.25) is 0 Å². The van der Waals surface area contributed by atoms with Gasteiger partial charge in [-0.2, -0.15) is 13.2 Å².